The summed E-state index contributed by atoms with van der Waals surface area (Å²) in [5, 5.41) is 6.66. The Labute approximate surface area is 183 Å². The highest BCUT2D eigenvalue weighted by Gasteiger charge is 2.06. The van der Waals surface area contributed by atoms with Crippen molar-refractivity contribution < 1.29 is 9.53 Å². The molecule has 1 amide bonds. The van der Waals surface area contributed by atoms with Crippen LogP contribution in [0, 0.1) is 6.92 Å². The zero-order chi connectivity index (χ0) is 21.6. The number of ether oxygens (including phenoxy) is 1. The molecule has 0 atom stereocenters. The van der Waals surface area contributed by atoms with Crippen LogP contribution >= 0.6 is 11.6 Å². The molecule has 156 valence electrons. The molecule has 2 aromatic heterocycles. The molecular formula is C22H19ClN6O2. The van der Waals surface area contributed by atoms with Gasteiger partial charge in [0.15, 0.2) is 6.61 Å². The summed E-state index contributed by atoms with van der Waals surface area (Å²) in [4.78, 5) is 25.0. The maximum atomic E-state index is 12.1. The molecule has 2 aromatic carbocycles. The predicted octanol–water partition coefficient (Wildman–Crippen LogP) is 4.39. The van der Waals surface area contributed by atoms with E-state index in [9.17, 15) is 4.79 Å². The van der Waals surface area contributed by atoms with Gasteiger partial charge in [-0.3, -0.25) is 9.36 Å². The van der Waals surface area contributed by atoms with Gasteiger partial charge in [-0.2, -0.15) is 0 Å². The largest absolute Gasteiger partial charge is 0.484 e. The Bertz CT molecular complexity index is 1160. The van der Waals surface area contributed by atoms with Crippen LogP contribution in [0.2, 0.25) is 5.02 Å². The van der Waals surface area contributed by atoms with Crippen LogP contribution in [-0.2, 0) is 4.79 Å². The lowest BCUT2D eigenvalue weighted by Crippen LogP contribution is -2.20. The van der Waals surface area contributed by atoms with E-state index in [-0.39, 0.29) is 12.5 Å². The summed E-state index contributed by atoms with van der Waals surface area (Å²) in [6.07, 6.45) is 5.19. The number of hydrogen-bond acceptors (Lipinski definition) is 6. The molecule has 9 heteroatoms. The first kappa shape index (κ1) is 20.4. The minimum absolute atomic E-state index is 0.0983. The number of anilines is 3. The number of benzene rings is 2. The minimum Gasteiger partial charge on any atom is -0.484 e. The summed E-state index contributed by atoms with van der Waals surface area (Å²) >= 11 is 5.83. The number of imidazole rings is 1. The van der Waals surface area contributed by atoms with E-state index in [1.165, 1.54) is 0 Å². The van der Waals surface area contributed by atoms with E-state index in [1.807, 2.05) is 35.9 Å². The number of halogens is 1. The van der Waals surface area contributed by atoms with E-state index in [1.54, 1.807) is 48.9 Å². The number of carbonyl (C=O) groups excluding carboxylic acids is 1. The highest BCUT2D eigenvalue weighted by Crippen LogP contribution is 2.20. The Kier molecular flexibility index (Phi) is 6.09. The summed E-state index contributed by atoms with van der Waals surface area (Å²) in [6.45, 7) is 1.73. The Morgan fingerprint density at radius 1 is 1.06 bits per heavy atom. The molecule has 0 radical (unpaired) electrons. The summed E-state index contributed by atoms with van der Waals surface area (Å²) in [6, 6.07) is 16.0. The standard InChI is InChI=1S/C22H19ClN6O2/c1-15-25-20(12-21(26-15)29-11-10-24-14-29)27-17-4-6-18(7-5-17)28-22(30)13-31-19-8-2-16(23)3-9-19/h2-12,14H,13H2,1H3,(H,28,30)(H,25,26,27). The first-order valence-corrected chi connectivity index (χ1v) is 9.82. The van der Waals surface area contributed by atoms with E-state index in [2.05, 4.69) is 25.6 Å². The Hall–Kier alpha value is -3.91. The number of hydrogen-bond donors (Lipinski definition) is 2. The molecule has 0 aliphatic heterocycles. The third-order valence-electron chi connectivity index (χ3n) is 4.22. The topological polar surface area (TPSA) is 94.0 Å². The smallest absolute Gasteiger partial charge is 0.262 e. The van der Waals surface area contributed by atoms with Crippen molar-refractivity contribution in [2.24, 2.45) is 0 Å². The molecule has 4 aromatic rings. The molecule has 0 aliphatic rings. The van der Waals surface area contributed by atoms with Gasteiger partial charge in [0.1, 0.15) is 29.5 Å². The van der Waals surface area contributed by atoms with Crippen molar-refractivity contribution in [1.29, 1.82) is 0 Å². The lowest BCUT2D eigenvalue weighted by Gasteiger charge is -2.11. The Balaban J connectivity index is 1.35. The zero-order valence-corrected chi connectivity index (χ0v) is 17.4. The van der Waals surface area contributed by atoms with Gasteiger partial charge in [0.2, 0.25) is 0 Å². The van der Waals surface area contributed by atoms with E-state index in [0.29, 0.717) is 28.1 Å². The molecule has 31 heavy (non-hydrogen) atoms. The fourth-order valence-electron chi connectivity index (χ4n) is 2.80. The highest BCUT2D eigenvalue weighted by atomic mass is 35.5. The van der Waals surface area contributed by atoms with Crippen LogP contribution in [0.1, 0.15) is 5.82 Å². The van der Waals surface area contributed by atoms with Crippen LogP contribution in [0.4, 0.5) is 17.2 Å². The van der Waals surface area contributed by atoms with Crippen molar-refractivity contribution in [2.45, 2.75) is 6.92 Å². The maximum Gasteiger partial charge on any atom is 0.262 e. The molecule has 0 spiro atoms. The van der Waals surface area contributed by atoms with Crippen molar-refractivity contribution >= 4 is 34.7 Å². The van der Waals surface area contributed by atoms with Gasteiger partial charge in [0, 0.05) is 34.9 Å². The van der Waals surface area contributed by atoms with Crippen molar-refractivity contribution in [3.05, 3.63) is 84.2 Å². The number of rotatable bonds is 7. The van der Waals surface area contributed by atoms with E-state index < -0.39 is 0 Å². The molecule has 0 unspecified atom stereocenters. The van der Waals surface area contributed by atoms with Gasteiger partial charge in [0.05, 0.1) is 0 Å². The molecule has 4 rings (SSSR count). The fraction of sp³-hybridized carbons (Fsp3) is 0.0909. The average molecular weight is 435 g/mol. The molecule has 0 fully saturated rings. The van der Waals surface area contributed by atoms with Gasteiger partial charge >= 0.3 is 0 Å². The molecule has 0 saturated heterocycles. The highest BCUT2D eigenvalue weighted by molar-refractivity contribution is 6.30. The molecule has 8 nitrogen and oxygen atoms in total. The van der Waals surface area contributed by atoms with E-state index >= 15 is 0 Å². The van der Waals surface area contributed by atoms with Gasteiger partial charge in [-0.05, 0) is 55.5 Å². The number of nitrogens with one attached hydrogen (secondary N) is 2. The normalized spacial score (nSPS) is 10.5. The second-order valence-corrected chi connectivity index (χ2v) is 7.06. The van der Waals surface area contributed by atoms with E-state index in [0.717, 1.165) is 11.5 Å². The van der Waals surface area contributed by atoms with Crippen LogP contribution in [0.25, 0.3) is 5.82 Å². The van der Waals surface area contributed by atoms with Gasteiger partial charge in [-0.25, -0.2) is 15.0 Å². The van der Waals surface area contributed by atoms with Crippen LogP contribution in [0.5, 0.6) is 5.75 Å². The SMILES string of the molecule is Cc1nc(Nc2ccc(NC(=O)COc3ccc(Cl)cc3)cc2)cc(-n2ccnc2)n1. The molecule has 0 saturated carbocycles. The molecule has 0 aliphatic carbocycles. The number of nitrogens with zero attached hydrogens (tertiary/aromatic N) is 4. The summed E-state index contributed by atoms with van der Waals surface area (Å²) < 4.78 is 7.26. The molecule has 0 bridgehead atoms. The quantitative estimate of drug-likeness (QED) is 0.448. The lowest BCUT2D eigenvalue weighted by molar-refractivity contribution is -0.118. The lowest BCUT2D eigenvalue weighted by atomic mass is 10.2. The Morgan fingerprint density at radius 3 is 2.52 bits per heavy atom. The van der Waals surface area contributed by atoms with Crippen LogP contribution in [0.15, 0.2) is 73.3 Å². The maximum absolute atomic E-state index is 12.1. The van der Waals surface area contributed by atoms with Crippen molar-refractivity contribution in [3.63, 3.8) is 0 Å². The molecule has 2 heterocycles. The third-order valence-corrected chi connectivity index (χ3v) is 4.47. The molecular weight excluding hydrogens is 416 g/mol. The van der Waals surface area contributed by atoms with Crippen LogP contribution < -0.4 is 15.4 Å². The third kappa shape index (κ3) is 5.58. The second kappa shape index (κ2) is 9.27. The number of aromatic nitrogens is 4. The Morgan fingerprint density at radius 2 is 1.81 bits per heavy atom. The van der Waals surface area contributed by atoms with Gasteiger partial charge < -0.3 is 15.4 Å². The van der Waals surface area contributed by atoms with Gasteiger partial charge in [-0.15, -0.1) is 0 Å². The van der Waals surface area contributed by atoms with Crippen molar-refractivity contribution in [2.75, 3.05) is 17.2 Å². The summed E-state index contributed by atoms with van der Waals surface area (Å²) in [7, 11) is 0. The number of aryl methyl sites for hydroxylation is 1. The van der Waals surface area contributed by atoms with E-state index in [4.69, 9.17) is 16.3 Å². The van der Waals surface area contributed by atoms with Gasteiger partial charge in [-0.1, -0.05) is 11.6 Å². The van der Waals surface area contributed by atoms with Gasteiger partial charge in [0.25, 0.3) is 5.91 Å². The van der Waals surface area contributed by atoms with Crippen LogP contribution in [-0.4, -0.2) is 32.0 Å². The minimum atomic E-state index is -0.257. The summed E-state index contributed by atoms with van der Waals surface area (Å²) in [5.41, 5.74) is 1.48. The average Bonchev–Trinajstić information content (AvgIpc) is 3.29. The number of carbonyl (C=O) groups is 1. The zero-order valence-electron chi connectivity index (χ0n) is 16.6. The van der Waals surface area contributed by atoms with Crippen molar-refractivity contribution in [1.82, 2.24) is 19.5 Å². The first-order chi connectivity index (χ1) is 15.0. The first-order valence-electron chi connectivity index (χ1n) is 9.44. The van der Waals surface area contributed by atoms with Crippen LogP contribution in [0.3, 0.4) is 0 Å². The monoisotopic (exact) mass is 434 g/mol. The number of amides is 1. The summed E-state index contributed by atoms with van der Waals surface area (Å²) in [5.74, 6) is 2.33. The fourth-order valence-corrected chi connectivity index (χ4v) is 2.93. The van der Waals surface area contributed by atoms with Crippen molar-refractivity contribution in [3.8, 4) is 11.6 Å². The second-order valence-electron chi connectivity index (χ2n) is 6.62. The molecule has 2 N–H and O–H groups in total. The predicted molar refractivity (Wildman–Crippen MR) is 119 cm³/mol.